The van der Waals surface area contributed by atoms with Crippen molar-refractivity contribution in [2.24, 2.45) is 0 Å². The molecule has 50 valence electrons. The molecule has 0 saturated carbocycles. The van der Waals surface area contributed by atoms with Gasteiger partial charge in [0.25, 0.3) is 0 Å². The summed E-state index contributed by atoms with van der Waals surface area (Å²) in [7, 11) is 3.84. The van der Waals surface area contributed by atoms with Gasteiger partial charge in [-0.25, -0.2) is 0 Å². The third-order valence-electron chi connectivity index (χ3n) is 1.12. The van der Waals surface area contributed by atoms with E-state index in [1.165, 1.54) is 23.5 Å². The van der Waals surface area contributed by atoms with E-state index in [1.807, 2.05) is 27.7 Å². The molecule has 1 aliphatic heterocycles. The topological polar surface area (TPSA) is 0 Å². The first-order valence-electron chi connectivity index (χ1n) is 3.04. The van der Waals surface area contributed by atoms with E-state index in [2.05, 4.69) is 12.7 Å². The summed E-state index contributed by atoms with van der Waals surface area (Å²) in [6.07, 6.45) is 6.56. The molecule has 0 aromatic rings. The number of hydrogen-bond donors (Lipinski definition) is 0. The minimum absolute atomic E-state index is 1.25. The van der Waals surface area contributed by atoms with Gasteiger partial charge < -0.3 is 0 Å². The normalized spacial score (nSPS) is 24.2. The Hall–Kier alpha value is 0.180. The quantitative estimate of drug-likeness (QED) is 0.537. The summed E-state index contributed by atoms with van der Waals surface area (Å²) in [5.41, 5.74) is 0. The standard InChI is InChI=1S/C7H10S2/c1-2-4-7-5-3-6-8-9-7/h2,4H,1,3,5-6H2. The fourth-order valence-corrected chi connectivity index (χ4v) is 3.06. The molecule has 9 heavy (non-hydrogen) atoms. The monoisotopic (exact) mass is 158 g/mol. The smallest absolute Gasteiger partial charge is 0.00436 e. The van der Waals surface area contributed by atoms with Gasteiger partial charge in [0, 0.05) is 5.75 Å². The molecule has 1 saturated heterocycles. The van der Waals surface area contributed by atoms with Crippen LogP contribution in [0.25, 0.3) is 0 Å². The average Bonchev–Trinajstić information content (AvgIpc) is 1.91. The maximum atomic E-state index is 3.66. The van der Waals surface area contributed by atoms with E-state index in [9.17, 15) is 0 Å². The molecule has 2 heteroatoms. The predicted octanol–water partition coefficient (Wildman–Crippen LogP) is 3.23. The summed E-state index contributed by atoms with van der Waals surface area (Å²) in [5, 5.41) is 0. The zero-order valence-corrected chi connectivity index (χ0v) is 6.93. The molecular formula is C7H10S2. The van der Waals surface area contributed by atoms with E-state index in [1.54, 1.807) is 0 Å². The van der Waals surface area contributed by atoms with Crippen LogP contribution in [0, 0.1) is 0 Å². The molecule has 0 amide bonds. The fraction of sp³-hybridized carbons (Fsp3) is 0.429. The van der Waals surface area contributed by atoms with Crippen LogP contribution in [0.15, 0.2) is 23.6 Å². The SMILES string of the molecule is C=CC=C1CCCSS1. The Morgan fingerprint density at radius 3 is 3.00 bits per heavy atom. The van der Waals surface area contributed by atoms with Crippen molar-refractivity contribution in [3.8, 4) is 0 Å². The van der Waals surface area contributed by atoms with Crippen LogP contribution in [0.5, 0.6) is 0 Å². The number of allylic oxidation sites excluding steroid dienone is 3. The molecule has 0 unspecified atom stereocenters. The van der Waals surface area contributed by atoms with E-state index < -0.39 is 0 Å². The van der Waals surface area contributed by atoms with Crippen molar-refractivity contribution in [1.29, 1.82) is 0 Å². The van der Waals surface area contributed by atoms with Gasteiger partial charge in [0.05, 0.1) is 0 Å². The Balaban J connectivity index is 2.39. The average molecular weight is 158 g/mol. The van der Waals surface area contributed by atoms with Crippen LogP contribution < -0.4 is 0 Å². The second-order valence-corrected chi connectivity index (χ2v) is 4.42. The van der Waals surface area contributed by atoms with Gasteiger partial charge in [0.1, 0.15) is 0 Å². The van der Waals surface area contributed by atoms with Crippen LogP contribution in [-0.4, -0.2) is 5.75 Å². The zero-order valence-electron chi connectivity index (χ0n) is 5.30. The van der Waals surface area contributed by atoms with Gasteiger partial charge in [0.2, 0.25) is 0 Å². The Bertz CT molecular complexity index is 119. The van der Waals surface area contributed by atoms with E-state index >= 15 is 0 Å². The lowest BCUT2D eigenvalue weighted by molar-refractivity contribution is 0.959. The van der Waals surface area contributed by atoms with Crippen molar-refractivity contribution < 1.29 is 0 Å². The highest BCUT2D eigenvalue weighted by atomic mass is 33.1. The highest BCUT2D eigenvalue weighted by Gasteiger charge is 2.04. The van der Waals surface area contributed by atoms with Crippen LogP contribution in [0.1, 0.15) is 12.8 Å². The molecule has 0 radical (unpaired) electrons. The van der Waals surface area contributed by atoms with Crippen molar-refractivity contribution in [2.45, 2.75) is 12.8 Å². The molecule has 1 aliphatic rings. The molecule has 0 N–H and O–H groups in total. The zero-order chi connectivity index (χ0) is 6.53. The summed E-state index contributed by atoms with van der Waals surface area (Å²) >= 11 is 0. The molecular weight excluding hydrogens is 148 g/mol. The molecule has 0 aliphatic carbocycles. The largest absolute Gasteiger partial charge is 0.0990 e. The second-order valence-electron chi connectivity index (χ2n) is 1.88. The van der Waals surface area contributed by atoms with Gasteiger partial charge in [-0.3, -0.25) is 0 Å². The van der Waals surface area contributed by atoms with Gasteiger partial charge in [-0.15, -0.1) is 0 Å². The van der Waals surface area contributed by atoms with Gasteiger partial charge in [0.15, 0.2) is 0 Å². The van der Waals surface area contributed by atoms with Crippen LogP contribution in [0.4, 0.5) is 0 Å². The third kappa shape index (κ3) is 2.50. The lowest BCUT2D eigenvalue weighted by Gasteiger charge is -2.10. The Kier molecular flexibility index (Phi) is 3.30. The number of rotatable bonds is 1. The third-order valence-corrected chi connectivity index (χ3v) is 3.74. The highest BCUT2D eigenvalue weighted by Crippen LogP contribution is 2.38. The molecule has 0 spiro atoms. The molecule has 0 atom stereocenters. The lowest BCUT2D eigenvalue weighted by atomic mass is 10.3. The van der Waals surface area contributed by atoms with Gasteiger partial charge in [-0.1, -0.05) is 40.3 Å². The minimum atomic E-state index is 1.25. The lowest BCUT2D eigenvalue weighted by Crippen LogP contribution is -1.86. The summed E-state index contributed by atoms with van der Waals surface area (Å²) in [5.74, 6) is 1.30. The molecule has 0 bridgehead atoms. The highest BCUT2D eigenvalue weighted by molar-refractivity contribution is 8.78. The first-order valence-corrected chi connectivity index (χ1v) is 5.36. The Morgan fingerprint density at radius 2 is 2.44 bits per heavy atom. The minimum Gasteiger partial charge on any atom is -0.0990 e. The van der Waals surface area contributed by atoms with Gasteiger partial charge >= 0.3 is 0 Å². The van der Waals surface area contributed by atoms with Gasteiger partial charge in [-0.05, 0) is 17.7 Å². The summed E-state index contributed by atoms with van der Waals surface area (Å²) in [6, 6.07) is 0. The molecule has 1 heterocycles. The van der Waals surface area contributed by atoms with Crippen LogP contribution in [-0.2, 0) is 0 Å². The van der Waals surface area contributed by atoms with Crippen molar-refractivity contribution in [3.63, 3.8) is 0 Å². The van der Waals surface area contributed by atoms with Crippen molar-refractivity contribution in [3.05, 3.63) is 23.6 Å². The second kappa shape index (κ2) is 4.07. The predicted molar refractivity (Wildman–Crippen MR) is 47.6 cm³/mol. The van der Waals surface area contributed by atoms with E-state index in [0.29, 0.717) is 0 Å². The Labute approximate surface area is 64.2 Å². The maximum absolute atomic E-state index is 3.66. The van der Waals surface area contributed by atoms with Crippen molar-refractivity contribution in [1.82, 2.24) is 0 Å². The summed E-state index contributed by atoms with van der Waals surface area (Å²) < 4.78 is 0. The van der Waals surface area contributed by atoms with E-state index in [4.69, 9.17) is 0 Å². The van der Waals surface area contributed by atoms with Crippen LogP contribution in [0.2, 0.25) is 0 Å². The molecule has 1 rings (SSSR count). The van der Waals surface area contributed by atoms with Crippen molar-refractivity contribution in [2.75, 3.05) is 5.75 Å². The molecule has 0 aromatic heterocycles. The maximum Gasteiger partial charge on any atom is 0.00436 e. The van der Waals surface area contributed by atoms with Crippen molar-refractivity contribution >= 4 is 21.6 Å². The molecule has 0 aromatic carbocycles. The van der Waals surface area contributed by atoms with E-state index in [-0.39, 0.29) is 0 Å². The summed E-state index contributed by atoms with van der Waals surface area (Å²) in [4.78, 5) is 1.47. The number of hydrogen-bond acceptors (Lipinski definition) is 2. The van der Waals surface area contributed by atoms with Gasteiger partial charge in [-0.2, -0.15) is 0 Å². The first kappa shape index (κ1) is 7.29. The fourth-order valence-electron chi connectivity index (χ4n) is 0.707. The first-order chi connectivity index (χ1) is 4.43. The molecule has 0 nitrogen and oxygen atoms in total. The summed E-state index contributed by atoms with van der Waals surface area (Å²) in [6.45, 7) is 3.66. The molecule has 1 fully saturated rings. The van der Waals surface area contributed by atoms with Crippen LogP contribution >= 0.6 is 21.6 Å². The van der Waals surface area contributed by atoms with E-state index in [0.717, 1.165) is 0 Å². The Morgan fingerprint density at radius 1 is 1.56 bits per heavy atom. The van der Waals surface area contributed by atoms with Crippen LogP contribution in [0.3, 0.4) is 0 Å².